The molecule has 0 fully saturated rings. The van der Waals surface area contributed by atoms with Gasteiger partial charge in [0, 0.05) is 24.8 Å². The first-order valence-electron chi connectivity index (χ1n) is 6.92. The summed E-state index contributed by atoms with van der Waals surface area (Å²) in [5.74, 6) is -0.805. The largest absolute Gasteiger partial charge is 0.477 e. The van der Waals surface area contributed by atoms with Gasteiger partial charge in [-0.25, -0.2) is 9.78 Å². The van der Waals surface area contributed by atoms with E-state index < -0.39 is 5.97 Å². The Hall–Kier alpha value is -1.62. The zero-order valence-electron chi connectivity index (χ0n) is 12.9. The van der Waals surface area contributed by atoms with Crippen molar-refractivity contribution in [2.75, 3.05) is 13.2 Å². The molecule has 0 amide bonds. The third kappa shape index (κ3) is 4.20. The quantitative estimate of drug-likeness (QED) is 0.831. The van der Waals surface area contributed by atoms with E-state index in [0.717, 1.165) is 6.54 Å². The lowest BCUT2D eigenvalue weighted by Gasteiger charge is -2.30. The Morgan fingerprint density at radius 1 is 1.35 bits per heavy atom. The average Bonchev–Trinajstić information content (AvgIpc) is 2.33. The smallest absolute Gasteiger partial charge is 0.341 e. The van der Waals surface area contributed by atoms with Crippen LogP contribution in [0.2, 0.25) is 0 Å². The number of pyridine rings is 1. The zero-order valence-corrected chi connectivity index (χ0v) is 12.9. The molecule has 0 unspecified atom stereocenters. The molecule has 0 aliphatic carbocycles. The summed E-state index contributed by atoms with van der Waals surface area (Å²) < 4.78 is 5.58. The van der Waals surface area contributed by atoms with Crippen molar-refractivity contribution >= 4 is 5.97 Å². The van der Waals surface area contributed by atoms with Crippen molar-refractivity contribution in [3.8, 4) is 5.88 Å². The van der Waals surface area contributed by atoms with Crippen molar-refractivity contribution in [3.63, 3.8) is 0 Å². The first-order chi connectivity index (χ1) is 9.34. The Labute approximate surface area is 120 Å². The first kappa shape index (κ1) is 16.4. The van der Waals surface area contributed by atoms with E-state index in [1.54, 1.807) is 19.2 Å². The topological polar surface area (TPSA) is 62.7 Å². The molecular formula is C15H24N2O3. The highest BCUT2D eigenvalue weighted by atomic mass is 16.5. The summed E-state index contributed by atoms with van der Waals surface area (Å²) in [6.07, 6.45) is 1.57. The number of aromatic nitrogens is 1. The van der Waals surface area contributed by atoms with Gasteiger partial charge >= 0.3 is 5.97 Å². The summed E-state index contributed by atoms with van der Waals surface area (Å²) in [6, 6.07) is 2.51. The highest BCUT2D eigenvalue weighted by Crippen LogP contribution is 2.19. The molecule has 1 heterocycles. The van der Waals surface area contributed by atoms with Crippen LogP contribution in [0.5, 0.6) is 5.88 Å². The minimum atomic E-state index is -1.00. The number of nitrogens with zero attached hydrogens (tertiary/aromatic N) is 2. The lowest BCUT2D eigenvalue weighted by atomic mass is 10.1. The molecule has 0 saturated heterocycles. The molecule has 5 heteroatoms. The van der Waals surface area contributed by atoms with Gasteiger partial charge in [0.05, 0.1) is 0 Å². The van der Waals surface area contributed by atoms with Gasteiger partial charge in [-0.05, 0) is 46.2 Å². The number of aryl methyl sites for hydroxylation is 1. The molecule has 1 N–H and O–H groups in total. The van der Waals surface area contributed by atoms with Crippen molar-refractivity contribution < 1.29 is 14.6 Å². The SMILES string of the molecule is Cc1ccnc(OCCN(C(C)C)C(C)C)c1C(=O)O. The van der Waals surface area contributed by atoms with Gasteiger partial charge in [-0.1, -0.05) is 0 Å². The number of ether oxygens (including phenoxy) is 1. The Balaban J connectivity index is 2.71. The summed E-state index contributed by atoms with van der Waals surface area (Å²) in [7, 11) is 0. The molecule has 1 aromatic heterocycles. The second-order valence-electron chi connectivity index (χ2n) is 5.39. The molecule has 1 aromatic rings. The maximum Gasteiger partial charge on any atom is 0.341 e. The van der Waals surface area contributed by atoms with Gasteiger partial charge in [-0.15, -0.1) is 0 Å². The second kappa shape index (κ2) is 7.24. The van der Waals surface area contributed by atoms with Crippen LogP contribution in [0.4, 0.5) is 0 Å². The van der Waals surface area contributed by atoms with Gasteiger partial charge in [-0.2, -0.15) is 0 Å². The van der Waals surface area contributed by atoms with Crippen molar-refractivity contribution in [2.24, 2.45) is 0 Å². The highest BCUT2D eigenvalue weighted by Gasteiger charge is 2.17. The lowest BCUT2D eigenvalue weighted by molar-refractivity contribution is 0.0688. The summed E-state index contributed by atoms with van der Waals surface area (Å²) >= 11 is 0. The van der Waals surface area contributed by atoms with Crippen LogP contribution in [0.3, 0.4) is 0 Å². The van der Waals surface area contributed by atoms with E-state index in [2.05, 4.69) is 37.6 Å². The monoisotopic (exact) mass is 280 g/mol. The van der Waals surface area contributed by atoms with E-state index in [0.29, 0.717) is 24.3 Å². The summed E-state index contributed by atoms with van der Waals surface area (Å²) in [4.78, 5) is 17.5. The normalized spacial score (nSPS) is 11.4. The minimum absolute atomic E-state index is 0.146. The molecule has 0 spiro atoms. The number of hydrogen-bond acceptors (Lipinski definition) is 4. The highest BCUT2D eigenvalue weighted by molar-refractivity contribution is 5.91. The molecule has 0 aromatic carbocycles. The molecule has 0 atom stereocenters. The van der Waals surface area contributed by atoms with Gasteiger partial charge in [0.25, 0.3) is 0 Å². The number of rotatable bonds is 7. The standard InChI is InChI=1S/C15H24N2O3/c1-10(2)17(11(3)4)8-9-20-14-13(15(18)19)12(5)6-7-16-14/h6-7,10-11H,8-9H2,1-5H3,(H,18,19). The third-order valence-corrected chi connectivity index (χ3v) is 3.25. The molecular weight excluding hydrogens is 256 g/mol. The fraction of sp³-hybridized carbons (Fsp3) is 0.600. The fourth-order valence-corrected chi connectivity index (χ4v) is 2.26. The van der Waals surface area contributed by atoms with Gasteiger partial charge in [0.2, 0.25) is 5.88 Å². The van der Waals surface area contributed by atoms with E-state index in [1.807, 2.05) is 0 Å². The first-order valence-corrected chi connectivity index (χ1v) is 6.92. The second-order valence-corrected chi connectivity index (χ2v) is 5.39. The van der Waals surface area contributed by atoms with Crippen LogP contribution in [-0.2, 0) is 0 Å². The number of aromatic carboxylic acids is 1. The molecule has 112 valence electrons. The van der Waals surface area contributed by atoms with Crippen LogP contribution >= 0.6 is 0 Å². The maximum absolute atomic E-state index is 11.2. The molecule has 20 heavy (non-hydrogen) atoms. The van der Waals surface area contributed by atoms with E-state index in [-0.39, 0.29) is 11.4 Å². The molecule has 1 rings (SSSR count). The van der Waals surface area contributed by atoms with Crippen LogP contribution in [0.25, 0.3) is 0 Å². The Bertz CT molecular complexity index is 450. The maximum atomic E-state index is 11.2. The predicted molar refractivity (Wildman–Crippen MR) is 78.4 cm³/mol. The lowest BCUT2D eigenvalue weighted by Crippen LogP contribution is -2.39. The van der Waals surface area contributed by atoms with Crippen molar-refractivity contribution in [1.29, 1.82) is 0 Å². The van der Waals surface area contributed by atoms with E-state index in [9.17, 15) is 9.90 Å². The van der Waals surface area contributed by atoms with Crippen LogP contribution < -0.4 is 4.74 Å². The Morgan fingerprint density at radius 2 is 1.95 bits per heavy atom. The fourth-order valence-electron chi connectivity index (χ4n) is 2.26. The van der Waals surface area contributed by atoms with Crippen LogP contribution in [0, 0.1) is 6.92 Å². The zero-order chi connectivity index (χ0) is 15.3. The average molecular weight is 280 g/mol. The predicted octanol–water partition coefficient (Wildman–Crippen LogP) is 2.59. The Morgan fingerprint density at radius 3 is 2.45 bits per heavy atom. The number of hydrogen-bond donors (Lipinski definition) is 1. The van der Waals surface area contributed by atoms with Crippen LogP contribution in [0.1, 0.15) is 43.6 Å². The number of carboxylic acid groups (broad SMARTS) is 1. The number of carbonyl (C=O) groups is 1. The third-order valence-electron chi connectivity index (χ3n) is 3.25. The summed E-state index contributed by atoms with van der Waals surface area (Å²) in [5.41, 5.74) is 0.806. The molecule has 0 aliphatic heterocycles. The summed E-state index contributed by atoms with van der Waals surface area (Å²) in [6.45, 7) is 11.4. The molecule has 5 nitrogen and oxygen atoms in total. The van der Waals surface area contributed by atoms with Crippen LogP contribution in [0.15, 0.2) is 12.3 Å². The van der Waals surface area contributed by atoms with Gasteiger partial charge in [0.1, 0.15) is 12.2 Å². The summed E-state index contributed by atoms with van der Waals surface area (Å²) in [5, 5.41) is 9.20. The minimum Gasteiger partial charge on any atom is -0.477 e. The number of carboxylic acids is 1. The van der Waals surface area contributed by atoms with E-state index in [4.69, 9.17) is 4.74 Å². The van der Waals surface area contributed by atoms with Gasteiger partial charge < -0.3 is 9.84 Å². The van der Waals surface area contributed by atoms with Gasteiger partial charge in [-0.3, -0.25) is 4.90 Å². The van der Waals surface area contributed by atoms with E-state index >= 15 is 0 Å². The molecule has 0 radical (unpaired) electrons. The van der Waals surface area contributed by atoms with Crippen molar-refractivity contribution in [3.05, 3.63) is 23.4 Å². The van der Waals surface area contributed by atoms with Crippen molar-refractivity contribution in [1.82, 2.24) is 9.88 Å². The molecule has 0 bridgehead atoms. The van der Waals surface area contributed by atoms with Crippen LogP contribution in [-0.4, -0.2) is 46.2 Å². The Kier molecular flexibility index (Phi) is 5.95. The van der Waals surface area contributed by atoms with Gasteiger partial charge in [0.15, 0.2) is 0 Å². The van der Waals surface area contributed by atoms with E-state index in [1.165, 1.54) is 0 Å². The molecule has 0 aliphatic rings. The molecule has 0 saturated carbocycles. The van der Waals surface area contributed by atoms with Crippen molar-refractivity contribution in [2.45, 2.75) is 46.7 Å².